The van der Waals surface area contributed by atoms with E-state index in [4.69, 9.17) is 14.7 Å². The van der Waals surface area contributed by atoms with Gasteiger partial charge in [0.25, 0.3) is 0 Å². The summed E-state index contributed by atoms with van der Waals surface area (Å²) in [5.41, 5.74) is -7.93. The number of hydrogen-bond acceptors (Lipinski definition) is 6. The number of ether oxygens (including phenoxy) is 2. The third-order valence-electron chi connectivity index (χ3n) is 5.11. The summed E-state index contributed by atoms with van der Waals surface area (Å²) >= 11 is 0. The lowest BCUT2D eigenvalue weighted by atomic mass is 10.1. The Labute approximate surface area is 240 Å². The molecular formula is C27H25F7N4O5. The van der Waals surface area contributed by atoms with Crippen LogP contribution in [0.25, 0.3) is 5.69 Å². The van der Waals surface area contributed by atoms with Crippen LogP contribution in [0.4, 0.5) is 46.0 Å². The van der Waals surface area contributed by atoms with Gasteiger partial charge < -0.3 is 9.47 Å². The topological polar surface area (TPSA) is 107 Å². The van der Waals surface area contributed by atoms with Crippen molar-refractivity contribution in [1.82, 2.24) is 9.13 Å². The van der Waals surface area contributed by atoms with E-state index in [1.54, 1.807) is 6.07 Å². The number of aromatic nitrogens is 2. The maximum Gasteiger partial charge on any atom is 0.422 e. The van der Waals surface area contributed by atoms with Crippen molar-refractivity contribution in [2.24, 2.45) is 0 Å². The van der Waals surface area contributed by atoms with Crippen LogP contribution in [0.2, 0.25) is 0 Å². The number of amides is 1. The molecule has 0 aliphatic rings. The van der Waals surface area contributed by atoms with Crippen LogP contribution in [0.3, 0.4) is 0 Å². The monoisotopic (exact) mass is 618 g/mol. The predicted molar refractivity (Wildman–Crippen MR) is 138 cm³/mol. The highest BCUT2D eigenvalue weighted by atomic mass is 19.4. The predicted octanol–water partition coefficient (Wildman–Crippen LogP) is 7.15. The van der Waals surface area contributed by atoms with Gasteiger partial charge >= 0.3 is 30.2 Å². The lowest BCUT2D eigenvalue weighted by Crippen LogP contribution is -2.36. The number of halogens is 7. The van der Waals surface area contributed by atoms with Crippen LogP contribution in [0.5, 0.6) is 5.75 Å². The number of nitriles is 1. The Hall–Kier alpha value is -4.81. The van der Waals surface area contributed by atoms with Gasteiger partial charge in [0.1, 0.15) is 23.5 Å². The van der Waals surface area contributed by atoms with Crippen molar-refractivity contribution in [3.05, 3.63) is 76.2 Å². The number of anilines is 1. The quantitative estimate of drug-likeness (QED) is 0.227. The van der Waals surface area contributed by atoms with Crippen molar-refractivity contribution >= 4 is 17.9 Å². The lowest BCUT2D eigenvalue weighted by Gasteiger charge is -2.23. The number of hydrogen-bond donors (Lipinski definition) is 0. The molecule has 0 aliphatic heterocycles. The molecule has 0 saturated carbocycles. The number of alkyl halides is 6. The summed E-state index contributed by atoms with van der Waals surface area (Å²) in [7, 11) is 0. The van der Waals surface area contributed by atoms with E-state index in [2.05, 4.69) is 0 Å². The van der Waals surface area contributed by atoms with Crippen molar-refractivity contribution in [3.8, 4) is 17.5 Å². The molecule has 0 fully saturated rings. The molecule has 1 heterocycles. The second-order valence-corrected chi connectivity index (χ2v) is 9.26. The Morgan fingerprint density at radius 2 is 1.53 bits per heavy atom. The normalized spacial score (nSPS) is 11.6. The minimum absolute atomic E-state index is 0.116. The molecule has 232 valence electrons. The number of nitrogens with zero attached hydrogens (tertiary/aromatic N) is 4. The van der Waals surface area contributed by atoms with E-state index in [-0.39, 0.29) is 27.0 Å². The zero-order chi connectivity index (χ0) is 32.9. The van der Waals surface area contributed by atoms with Crippen molar-refractivity contribution in [2.75, 3.05) is 11.4 Å². The van der Waals surface area contributed by atoms with Crippen LogP contribution < -0.4 is 15.3 Å². The average Bonchev–Trinajstić information content (AvgIpc) is 3.28. The summed E-state index contributed by atoms with van der Waals surface area (Å²) < 4.78 is 107. The van der Waals surface area contributed by atoms with Crippen LogP contribution in [0, 0.1) is 17.1 Å². The first-order valence-corrected chi connectivity index (χ1v) is 12.3. The molecule has 3 aromatic rings. The molecule has 0 atom stereocenters. The second-order valence-electron chi connectivity index (χ2n) is 9.26. The highest BCUT2D eigenvalue weighted by Crippen LogP contribution is 2.44. The van der Waals surface area contributed by atoms with Gasteiger partial charge in [-0.1, -0.05) is 13.8 Å². The van der Waals surface area contributed by atoms with Crippen molar-refractivity contribution in [1.29, 1.82) is 5.26 Å². The van der Waals surface area contributed by atoms with Crippen LogP contribution in [-0.4, -0.2) is 33.5 Å². The van der Waals surface area contributed by atoms with Crippen molar-refractivity contribution in [3.63, 3.8) is 0 Å². The van der Waals surface area contributed by atoms with Crippen LogP contribution in [-0.2, 0) is 17.1 Å². The summed E-state index contributed by atoms with van der Waals surface area (Å²) in [5.74, 6) is -2.29. The van der Waals surface area contributed by atoms with Crippen LogP contribution >= 0.6 is 0 Å². The van der Waals surface area contributed by atoms with Crippen molar-refractivity contribution in [2.45, 2.75) is 52.6 Å². The van der Waals surface area contributed by atoms with E-state index in [0.29, 0.717) is 11.1 Å². The molecule has 0 radical (unpaired) electrons. The van der Waals surface area contributed by atoms with E-state index >= 15 is 0 Å². The second kappa shape index (κ2) is 13.0. The first-order valence-electron chi connectivity index (χ1n) is 12.3. The molecular weight excluding hydrogens is 593 g/mol. The molecule has 1 amide bonds. The summed E-state index contributed by atoms with van der Waals surface area (Å²) in [6.07, 6.45) is -12.5. The molecule has 16 heteroatoms. The molecule has 0 bridgehead atoms. The Morgan fingerprint density at radius 3 is 2.02 bits per heavy atom. The molecule has 0 saturated heterocycles. The lowest BCUT2D eigenvalue weighted by molar-refractivity contribution is -0.143. The van der Waals surface area contributed by atoms with Gasteiger partial charge in [-0.25, -0.2) is 23.3 Å². The van der Waals surface area contributed by atoms with Gasteiger partial charge in [0.15, 0.2) is 5.75 Å². The van der Waals surface area contributed by atoms with Crippen LogP contribution in [0.1, 0.15) is 45.7 Å². The van der Waals surface area contributed by atoms with E-state index in [1.165, 1.54) is 20.8 Å². The van der Waals surface area contributed by atoms with Gasteiger partial charge in [-0.05, 0) is 57.2 Å². The van der Waals surface area contributed by atoms with Gasteiger partial charge in [-0.15, -0.1) is 0 Å². The zero-order valence-corrected chi connectivity index (χ0v) is 23.3. The summed E-state index contributed by atoms with van der Waals surface area (Å²) in [5, 5.41) is 9.11. The fraction of sp³-hybridized carbons (Fsp3) is 0.333. The largest absolute Gasteiger partial charge is 0.443 e. The molecule has 0 aliphatic carbocycles. The fourth-order valence-electron chi connectivity index (χ4n) is 3.38. The fourth-order valence-corrected chi connectivity index (χ4v) is 3.38. The maximum absolute atomic E-state index is 14.1. The number of carbonyl (C=O) groups excluding carboxylic acids is 2. The minimum atomic E-state index is -5.56. The third kappa shape index (κ3) is 8.37. The molecule has 9 nitrogen and oxygen atoms in total. The summed E-state index contributed by atoms with van der Waals surface area (Å²) in [6.45, 7) is 7.51. The Bertz CT molecular complexity index is 1560. The molecule has 3 rings (SSSR count). The van der Waals surface area contributed by atoms with Gasteiger partial charge in [0.05, 0.1) is 17.3 Å². The van der Waals surface area contributed by atoms with Gasteiger partial charge in [-0.2, -0.15) is 31.6 Å². The van der Waals surface area contributed by atoms with Gasteiger partial charge in [0, 0.05) is 18.1 Å². The van der Waals surface area contributed by atoms with E-state index in [1.807, 2.05) is 13.8 Å². The third-order valence-corrected chi connectivity index (χ3v) is 5.11. The van der Waals surface area contributed by atoms with Gasteiger partial charge in [0.2, 0.25) is 0 Å². The van der Waals surface area contributed by atoms with Crippen molar-refractivity contribution < 1.29 is 49.8 Å². The number of rotatable bonds is 4. The zero-order valence-electron chi connectivity index (χ0n) is 23.3. The van der Waals surface area contributed by atoms with Crippen LogP contribution in [0.15, 0.2) is 53.6 Å². The number of benzene rings is 2. The maximum atomic E-state index is 14.1. The SMILES string of the molecule is CC.CC(C)(C)OC(=O)n1ccn(-c2cc(C(F)(F)F)cc(C(F)(F)F)c2OC(=O)N(CC#N)c2ccc(F)cc2)c1=O. The summed E-state index contributed by atoms with van der Waals surface area (Å²) in [6, 6.07) is 5.09. The van der Waals surface area contributed by atoms with E-state index in [0.717, 1.165) is 30.5 Å². The molecule has 43 heavy (non-hydrogen) atoms. The highest BCUT2D eigenvalue weighted by Gasteiger charge is 2.42. The Morgan fingerprint density at radius 1 is 0.953 bits per heavy atom. The molecule has 0 spiro atoms. The minimum Gasteiger partial charge on any atom is -0.443 e. The first kappa shape index (κ1) is 34.4. The Kier molecular flexibility index (Phi) is 10.4. The van der Waals surface area contributed by atoms with E-state index in [9.17, 15) is 45.1 Å². The standard InChI is InChI=1S/C25H19F7N4O5.C2H6/c1-23(2,3)41-22(39)36-11-10-35(20(36)37)18-13-14(24(27,28)29)12-17(25(30,31)32)19(18)40-21(38)34(9-8-33)16-6-4-15(26)5-7-16;1-2/h4-7,10-13H,9H2,1-3H3;1-2H3. The van der Waals surface area contributed by atoms with Gasteiger partial charge in [-0.3, -0.25) is 9.47 Å². The highest BCUT2D eigenvalue weighted by molar-refractivity contribution is 5.90. The van der Waals surface area contributed by atoms with E-state index < -0.39 is 70.8 Å². The molecule has 0 unspecified atom stereocenters. The molecule has 1 aromatic heterocycles. The number of imidazole rings is 1. The number of carbonyl (C=O) groups is 2. The molecule has 2 aromatic carbocycles. The molecule has 0 N–H and O–H groups in total. The Balaban J connectivity index is 0.00000316. The first-order chi connectivity index (χ1) is 19.8. The summed E-state index contributed by atoms with van der Waals surface area (Å²) in [4.78, 5) is 38.9. The smallest absolute Gasteiger partial charge is 0.422 e. The average molecular weight is 619 g/mol.